The van der Waals surface area contributed by atoms with E-state index in [9.17, 15) is 4.79 Å². The van der Waals surface area contributed by atoms with Gasteiger partial charge in [0.15, 0.2) is 0 Å². The monoisotopic (exact) mass is 380 g/mol. The summed E-state index contributed by atoms with van der Waals surface area (Å²) in [6.45, 7) is 2.53. The van der Waals surface area contributed by atoms with Gasteiger partial charge in [-0.15, -0.1) is 10.2 Å². The lowest BCUT2D eigenvalue weighted by atomic mass is 9.72. The molecule has 1 atom stereocenters. The first-order valence-corrected chi connectivity index (χ1v) is 9.35. The van der Waals surface area contributed by atoms with Gasteiger partial charge in [-0.05, 0) is 31.0 Å². The van der Waals surface area contributed by atoms with Crippen LogP contribution in [0.2, 0.25) is 0 Å². The summed E-state index contributed by atoms with van der Waals surface area (Å²) < 4.78 is 11.6. The summed E-state index contributed by atoms with van der Waals surface area (Å²) in [4.78, 5) is 18.8. The molecule has 3 aromatic heterocycles. The first-order valence-electron chi connectivity index (χ1n) is 9.35. The van der Waals surface area contributed by atoms with Crippen LogP contribution < -0.4 is 0 Å². The third kappa shape index (κ3) is 2.88. The molecule has 2 fully saturated rings. The van der Waals surface area contributed by atoms with Crippen molar-refractivity contribution < 1.29 is 13.9 Å². The van der Waals surface area contributed by atoms with Gasteiger partial charge < -0.3 is 14.1 Å². The fourth-order valence-corrected chi connectivity index (χ4v) is 4.28. The van der Waals surface area contributed by atoms with Crippen LogP contribution in [-0.2, 0) is 4.74 Å². The van der Waals surface area contributed by atoms with E-state index in [1.54, 1.807) is 24.7 Å². The van der Waals surface area contributed by atoms with E-state index < -0.39 is 0 Å². The molecule has 1 N–H and O–H groups in total. The van der Waals surface area contributed by atoms with Gasteiger partial charge >= 0.3 is 0 Å². The molecular weight excluding hydrogens is 360 g/mol. The maximum atomic E-state index is 12.9. The summed E-state index contributed by atoms with van der Waals surface area (Å²) in [5.41, 5.74) is 1.21. The first kappa shape index (κ1) is 17.1. The highest BCUT2D eigenvalue weighted by atomic mass is 16.5. The van der Waals surface area contributed by atoms with Crippen molar-refractivity contribution in [2.75, 3.05) is 26.3 Å². The van der Waals surface area contributed by atoms with Crippen LogP contribution in [0.5, 0.6) is 0 Å². The van der Waals surface area contributed by atoms with Crippen molar-refractivity contribution in [2.24, 2.45) is 5.41 Å². The molecule has 0 aromatic carbocycles. The minimum Gasteiger partial charge on any atom is -0.420 e. The zero-order valence-corrected chi connectivity index (χ0v) is 15.2. The fourth-order valence-electron chi connectivity index (χ4n) is 4.28. The van der Waals surface area contributed by atoms with Crippen LogP contribution in [0.4, 0.5) is 0 Å². The van der Waals surface area contributed by atoms with Crippen molar-refractivity contribution in [3.63, 3.8) is 0 Å². The van der Waals surface area contributed by atoms with E-state index in [1.807, 2.05) is 17.0 Å². The Kier molecular flexibility index (Phi) is 4.16. The SMILES string of the molecule is O=C(c1ccn[nH]1)N1CC(c2nnc(-c3ccncc3)o2)C2(CCOCC2)C1. The van der Waals surface area contributed by atoms with Crippen LogP contribution in [0.1, 0.15) is 35.1 Å². The second kappa shape index (κ2) is 6.83. The highest BCUT2D eigenvalue weighted by Gasteiger charge is 2.51. The first-order chi connectivity index (χ1) is 13.8. The molecule has 28 heavy (non-hydrogen) atoms. The summed E-state index contributed by atoms with van der Waals surface area (Å²) in [7, 11) is 0. The van der Waals surface area contributed by atoms with Gasteiger partial charge in [-0.25, -0.2) is 0 Å². The van der Waals surface area contributed by atoms with Crippen LogP contribution >= 0.6 is 0 Å². The molecule has 9 heteroatoms. The van der Waals surface area contributed by atoms with Gasteiger partial charge in [-0.2, -0.15) is 5.10 Å². The molecule has 2 aliphatic rings. The van der Waals surface area contributed by atoms with E-state index in [1.165, 1.54) is 0 Å². The number of rotatable bonds is 3. The van der Waals surface area contributed by atoms with Gasteiger partial charge in [-0.3, -0.25) is 14.9 Å². The van der Waals surface area contributed by atoms with Gasteiger partial charge in [0, 0.05) is 55.9 Å². The van der Waals surface area contributed by atoms with Crippen LogP contribution in [0.3, 0.4) is 0 Å². The second-order valence-corrected chi connectivity index (χ2v) is 7.36. The zero-order chi connectivity index (χ0) is 19.0. The number of ether oxygens (including phenoxy) is 1. The molecule has 0 saturated carbocycles. The van der Waals surface area contributed by atoms with E-state index in [0.717, 1.165) is 18.4 Å². The van der Waals surface area contributed by atoms with Crippen molar-refractivity contribution >= 4 is 5.91 Å². The molecule has 5 heterocycles. The van der Waals surface area contributed by atoms with E-state index in [4.69, 9.17) is 9.15 Å². The molecule has 0 bridgehead atoms. The van der Waals surface area contributed by atoms with Gasteiger partial charge in [-0.1, -0.05) is 0 Å². The van der Waals surface area contributed by atoms with Crippen molar-refractivity contribution in [2.45, 2.75) is 18.8 Å². The zero-order valence-electron chi connectivity index (χ0n) is 15.2. The number of carbonyl (C=O) groups excluding carboxylic acids is 1. The average Bonchev–Trinajstić information content (AvgIpc) is 3.49. The highest BCUT2D eigenvalue weighted by molar-refractivity contribution is 5.92. The van der Waals surface area contributed by atoms with Gasteiger partial charge in [0.2, 0.25) is 11.8 Å². The number of amides is 1. The molecule has 1 amide bonds. The van der Waals surface area contributed by atoms with E-state index in [2.05, 4.69) is 25.4 Å². The number of nitrogens with zero attached hydrogens (tertiary/aromatic N) is 5. The number of carbonyl (C=O) groups is 1. The van der Waals surface area contributed by atoms with Crippen LogP contribution in [0, 0.1) is 5.41 Å². The molecule has 0 aliphatic carbocycles. The van der Waals surface area contributed by atoms with Crippen molar-refractivity contribution in [3.05, 3.63) is 48.4 Å². The number of pyridine rings is 1. The number of hydrogen-bond acceptors (Lipinski definition) is 7. The van der Waals surface area contributed by atoms with Crippen LogP contribution in [0.15, 0.2) is 41.2 Å². The summed E-state index contributed by atoms with van der Waals surface area (Å²) in [6.07, 6.45) is 6.69. The van der Waals surface area contributed by atoms with Gasteiger partial charge in [0.05, 0.1) is 5.92 Å². The molecule has 144 valence electrons. The Hall–Kier alpha value is -3.07. The summed E-state index contributed by atoms with van der Waals surface area (Å²) in [6, 6.07) is 5.37. The van der Waals surface area contributed by atoms with E-state index in [0.29, 0.717) is 43.8 Å². The average molecular weight is 380 g/mol. The third-order valence-corrected chi connectivity index (χ3v) is 5.82. The largest absolute Gasteiger partial charge is 0.420 e. The standard InChI is InChI=1S/C19H20N6O3/c26-18(15-3-8-21-22-15)25-11-14(19(12-25)4-9-27-10-5-19)17-24-23-16(28-17)13-1-6-20-7-2-13/h1-3,6-8,14H,4-5,9-12H2,(H,21,22). The molecule has 0 radical (unpaired) electrons. The molecule has 5 rings (SSSR count). The maximum absolute atomic E-state index is 12.9. The molecule has 3 aromatic rings. The van der Waals surface area contributed by atoms with E-state index in [-0.39, 0.29) is 17.2 Å². The Bertz CT molecular complexity index is 949. The predicted molar refractivity (Wildman–Crippen MR) is 97.2 cm³/mol. The lowest BCUT2D eigenvalue weighted by molar-refractivity contribution is 0.00905. The summed E-state index contributed by atoms with van der Waals surface area (Å²) in [5.74, 6) is 0.970. The third-order valence-electron chi connectivity index (χ3n) is 5.82. The molecule has 1 unspecified atom stereocenters. The number of hydrogen-bond donors (Lipinski definition) is 1. The quantitative estimate of drug-likeness (QED) is 0.739. The number of aromatic amines is 1. The van der Waals surface area contributed by atoms with Crippen LogP contribution in [-0.4, -0.2) is 62.5 Å². The molecule has 2 aliphatic heterocycles. The molecule has 1 spiro atoms. The van der Waals surface area contributed by atoms with Crippen molar-refractivity contribution in [3.8, 4) is 11.5 Å². The number of nitrogens with one attached hydrogen (secondary N) is 1. The van der Waals surface area contributed by atoms with Gasteiger partial charge in [0.25, 0.3) is 5.91 Å². The molecular formula is C19H20N6O3. The number of likely N-dealkylation sites (tertiary alicyclic amines) is 1. The number of aromatic nitrogens is 5. The molecule has 2 saturated heterocycles. The Balaban J connectivity index is 1.46. The summed E-state index contributed by atoms with van der Waals surface area (Å²) >= 11 is 0. The Morgan fingerprint density at radius 3 is 2.71 bits per heavy atom. The minimum absolute atomic E-state index is 0.0219. The van der Waals surface area contributed by atoms with Crippen molar-refractivity contribution in [1.29, 1.82) is 0 Å². The topological polar surface area (TPSA) is 110 Å². The van der Waals surface area contributed by atoms with Crippen molar-refractivity contribution in [1.82, 2.24) is 30.3 Å². The normalized spacial score (nSPS) is 21.3. The Morgan fingerprint density at radius 1 is 1.14 bits per heavy atom. The minimum atomic E-state index is -0.115. The fraction of sp³-hybridized carbons (Fsp3) is 0.421. The van der Waals surface area contributed by atoms with Crippen LogP contribution in [0.25, 0.3) is 11.5 Å². The lowest BCUT2D eigenvalue weighted by Crippen LogP contribution is -2.37. The Morgan fingerprint density at radius 2 is 1.96 bits per heavy atom. The summed E-state index contributed by atoms with van der Waals surface area (Å²) in [5, 5.41) is 15.2. The number of H-pyrrole nitrogens is 1. The smallest absolute Gasteiger partial charge is 0.271 e. The lowest BCUT2D eigenvalue weighted by Gasteiger charge is -2.36. The Labute approximate surface area is 161 Å². The second-order valence-electron chi connectivity index (χ2n) is 7.36. The highest BCUT2D eigenvalue weighted by Crippen LogP contribution is 2.49. The van der Waals surface area contributed by atoms with Gasteiger partial charge in [0.1, 0.15) is 5.69 Å². The maximum Gasteiger partial charge on any atom is 0.271 e. The molecule has 9 nitrogen and oxygen atoms in total. The predicted octanol–water partition coefficient (Wildman–Crippen LogP) is 1.89. The van der Waals surface area contributed by atoms with E-state index >= 15 is 0 Å².